The highest BCUT2D eigenvalue weighted by atomic mass is 32.2. The maximum absolute atomic E-state index is 12.6. The molecule has 0 saturated heterocycles. The molecule has 0 saturated carbocycles. The van der Waals surface area contributed by atoms with Crippen LogP contribution in [-0.4, -0.2) is 20.5 Å². The van der Waals surface area contributed by atoms with E-state index in [9.17, 15) is 8.42 Å². The van der Waals surface area contributed by atoms with Gasteiger partial charge < -0.3 is 10.1 Å². The summed E-state index contributed by atoms with van der Waals surface area (Å²) in [5.41, 5.74) is 2.66. The maximum atomic E-state index is 12.6. The van der Waals surface area contributed by atoms with Gasteiger partial charge in [-0.1, -0.05) is 6.07 Å². The van der Waals surface area contributed by atoms with E-state index < -0.39 is 10.0 Å². The van der Waals surface area contributed by atoms with E-state index in [1.165, 1.54) is 19.4 Å². The molecule has 0 bridgehead atoms. The highest BCUT2D eigenvalue weighted by molar-refractivity contribution is 7.92. The topological polar surface area (TPSA) is 104 Å². The molecule has 2 aromatic carbocycles. The molecule has 0 fully saturated rings. The third kappa shape index (κ3) is 4.39. The maximum Gasteiger partial charge on any atom is 0.263 e. The van der Waals surface area contributed by atoms with Crippen LogP contribution in [-0.2, 0) is 10.0 Å². The summed E-state index contributed by atoms with van der Waals surface area (Å²) in [7, 11) is -2.23. The van der Waals surface area contributed by atoms with Crippen LogP contribution in [0.1, 0.15) is 11.1 Å². The van der Waals surface area contributed by atoms with Crippen LogP contribution >= 0.6 is 0 Å². The average Bonchev–Trinajstić information content (AvgIpc) is 2.69. The van der Waals surface area contributed by atoms with Crippen molar-refractivity contribution < 1.29 is 13.2 Å². The Labute approximate surface area is 163 Å². The lowest BCUT2D eigenvalue weighted by Crippen LogP contribution is -2.14. The first-order valence-corrected chi connectivity index (χ1v) is 9.80. The van der Waals surface area contributed by atoms with Gasteiger partial charge >= 0.3 is 0 Å². The molecule has 0 aliphatic heterocycles. The van der Waals surface area contributed by atoms with E-state index in [0.29, 0.717) is 17.0 Å². The third-order valence-corrected chi connectivity index (χ3v) is 5.31. The standard InChI is InChI=1S/C20H18N4O3S/c1-14-10-18(7-8-19(14)27-2)28(25,26)24-20-9-6-17(13-22-20)23-16-5-3-4-15(11-16)12-21/h3-11,13,23H,1-2H3,(H,22,24). The van der Waals surface area contributed by atoms with Crippen molar-refractivity contribution in [3.8, 4) is 11.8 Å². The number of hydrogen-bond donors (Lipinski definition) is 2. The first kappa shape index (κ1) is 19.2. The molecule has 28 heavy (non-hydrogen) atoms. The Kier molecular flexibility index (Phi) is 5.47. The van der Waals surface area contributed by atoms with Gasteiger partial charge in [0, 0.05) is 5.69 Å². The molecular weight excluding hydrogens is 376 g/mol. The number of pyridine rings is 1. The summed E-state index contributed by atoms with van der Waals surface area (Å²) in [5, 5.41) is 12.1. The number of benzene rings is 2. The van der Waals surface area contributed by atoms with E-state index in [2.05, 4.69) is 21.1 Å². The van der Waals surface area contributed by atoms with Crippen molar-refractivity contribution in [3.05, 3.63) is 71.9 Å². The van der Waals surface area contributed by atoms with Crippen molar-refractivity contribution in [2.45, 2.75) is 11.8 Å². The number of nitrogens with zero attached hydrogens (tertiary/aromatic N) is 2. The van der Waals surface area contributed by atoms with Gasteiger partial charge in [0.2, 0.25) is 0 Å². The Morgan fingerprint density at radius 3 is 2.54 bits per heavy atom. The molecule has 3 rings (SSSR count). The van der Waals surface area contributed by atoms with Gasteiger partial charge in [-0.05, 0) is 61.0 Å². The van der Waals surface area contributed by atoms with Crippen LogP contribution < -0.4 is 14.8 Å². The monoisotopic (exact) mass is 394 g/mol. The smallest absolute Gasteiger partial charge is 0.263 e. The molecule has 142 valence electrons. The molecule has 0 spiro atoms. The number of aryl methyl sites for hydroxylation is 1. The Hall–Kier alpha value is -3.57. The Bertz CT molecular complexity index is 1140. The number of methoxy groups -OCH3 is 1. The fourth-order valence-electron chi connectivity index (χ4n) is 2.58. The highest BCUT2D eigenvalue weighted by Gasteiger charge is 2.16. The summed E-state index contributed by atoms with van der Waals surface area (Å²) < 4.78 is 32.7. The van der Waals surface area contributed by atoms with Crippen LogP contribution in [0.5, 0.6) is 5.75 Å². The number of hydrogen-bond acceptors (Lipinski definition) is 6. The molecule has 0 amide bonds. The van der Waals surface area contributed by atoms with Gasteiger partial charge in [0.25, 0.3) is 10.0 Å². The van der Waals surface area contributed by atoms with Crippen molar-refractivity contribution in [1.82, 2.24) is 4.98 Å². The van der Waals surface area contributed by atoms with Crippen LogP contribution in [0.15, 0.2) is 65.7 Å². The van der Waals surface area contributed by atoms with Crippen LogP contribution in [0.25, 0.3) is 0 Å². The molecular formula is C20H18N4O3S. The lowest BCUT2D eigenvalue weighted by atomic mass is 10.2. The second-order valence-corrected chi connectivity index (χ2v) is 7.67. The van der Waals surface area contributed by atoms with Gasteiger partial charge in [-0.3, -0.25) is 4.72 Å². The summed E-state index contributed by atoms with van der Waals surface area (Å²) >= 11 is 0. The van der Waals surface area contributed by atoms with Crippen molar-refractivity contribution in [3.63, 3.8) is 0 Å². The van der Waals surface area contributed by atoms with Crippen molar-refractivity contribution in [2.75, 3.05) is 17.1 Å². The normalized spacial score (nSPS) is 10.8. The Balaban J connectivity index is 1.74. The number of anilines is 3. The molecule has 0 atom stereocenters. The summed E-state index contributed by atoms with van der Waals surface area (Å²) in [6.07, 6.45) is 1.51. The number of nitriles is 1. The lowest BCUT2D eigenvalue weighted by Gasteiger charge is -2.11. The molecule has 0 unspecified atom stereocenters. The van der Waals surface area contributed by atoms with Gasteiger partial charge in [-0.15, -0.1) is 0 Å². The van der Waals surface area contributed by atoms with Crippen LogP contribution in [0.4, 0.5) is 17.2 Å². The van der Waals surface area contributed by atoms with E-state index in [1.54, 1.807) is 49.4 Å². The van der Waals surface area contributed by atoms with E-state index in [1.807, 2.05) is 6.07 Å². The predicted molar refractivity (Wildman–Crippen MR) is 107 cm³/mol. The second-order valence-electron chi connectivity index (χ2n) is 5.99. The summed E-state index contributed by atoms with van der Waals surface area (Å²) in [4.78, 5) is 4.27. The third-order valence-electron chi connectivity index (χ3n) is 3.96. The molecule has 2 N–H and O–H groups in total. The first-order valence-electron chi connectivity index (χ1n) is 8.32. The van der Waals surface area contributed by atoms with Crippen molar-refractivity contribution in [2.24, 2.45) is 0 Å². The fraction of sp³-hybridized carbons (Fsp3) is 0.100. The van der Waals surface area contributed by atoms with Crippen molar-refractivity contribution in [1.29, 1.82) is 5.26 Å². The minimum Gasteiger partial charge on any atom is -0.496 e. The number of nitrogens with one attached hydrogen (secondary N) is 2. The number of ether oxygens (including phenoxy) is 1. The SMILES string of the molecule is COc1ccc(S(=O)(=O)Nc2ccc(Nc3cccc(C#N)c3)cn2)cc1C. The largest absolute Gasteiger partial charge is 0.496 e. The highest BCUT2D eigenvalue weighted by Crippen LogP contribution is 2.23. The van der Waals surface area contributed by atoms with E-state index in [0.717, 1.165) is 11.3 Å². The number of aromatic nitrogens is 1. The predicted octanol–water partition coefficient (Wildman–Crippen LogP) is 3.81. The van der Waals surface area contributed by atoms with Gasteiger partial charge in [0.05, 0.1) is 35.5 Å². The zero-order valence-electron chi connectivity index (χ0n) is 15.3. The average molecular weight is 394 g/mol. The molecule has 0 aliphatic carbocycles. The van der Waals surface area contributed by atoms with E-state index >= 15 is 0 Å². The number of sulfonamides is 1. The zero-order chi connectivity index (χ0) is 20.1. The van der Waals surface area contributed by atoms with Crippen LogP contribution in [0.3, 0.4) is 0 Å². The second kappa shape index (κ2) is 7.98. The lowest BCUT2D eigenvalue weighted by molar-refractivity contribution is 0.411. The van der Waals surface area contributed by atoms with Gasteiger partial charge in [0.15, 0.2) is 0 Å². The van der Waals surface area contributed by atoms with E-state index in [-0.39, 0.29) is 10.7 Å². The molecule has 0 radical (unpaired) electrons. The van der Waals surface area contributed by atoms with Crippen LogP contribution in [0.2, 0.25) is 0 Å². The number of rotatable bonds is 6. The molecule has 3 aromatic rings. The minimum atomic E-state index is -3.77. The molecule has 8 heteroatoms. The summed E-state index contributed by atoms with van der Waals surface area (Å²) in [6, 6.07) is 17.0. The van der Waals surface area contributed by atoms with Gasteiger partial charge in [-0.2, -0.15) is 5.26 Å². The Morgan fingerprint density at radius 2 is 1.89 bits per heavy atom. The molecule has 7 nitrogen and oxygen atoms in total. The van der Waals surface area contributed by atoms with Crippen molar-refractivity contribution >= 4 is 27.2 Å². The van der Waals surface area contributed by atoms with Gasteiger partial charge in [0.1, 0.15) is 11.6 Å². The van der Waals surface area contributed by atoms with Crippen LogP contribution in [0, 0.1) is 18.3 Å². The fourth-order valence-corrected chi connectivity index (χ4v) is 3.67. The zero-order valence-corrected chi connectivity index (χ0v) is 16.1. The summed E-state index contributed by atoms with van der Waals surface area (Å²) in [6.45, 7) is 1.78. The minimum absolute atomic E-state index is 0.128. The quantitative estimate of drug-likeness (QED) is 0.659. The summed E-state index contributed by atoms with van der Waals surface area (Å²) in [5.74, 6) is 0.817. The first-order chi connectivity index (χ1) is 13.4. The molecule has 1 heterocycles. The Morgan fingerprint density at radius 1 is 1.07 bits per heavy atom. The van der Waals surface area contributed by atoms with Gasteiger partial charge in [-0.25, -0.2) is 13.4 Å². The molecule has 0 aliphatic rings. The molecule has 1 aromatic heterocycles. The van der Waals surface area contributed by atoms with E-state index in [4.69, 9.17) is 10.00 Å².